The molecule has 1 aromatic heterocycles. The van der Waals surface area contributed by atoms with Gasteiger partial charge in [0.2, 0.25) is 12.0 Å². The zero-order chi connectivity index (χ0) is 26.9. The van der Waals surface area contributed by atoms with Crippen molar-refractivity contribution in [2.24, 2.45) is 0 Å². The van der Waals surface area contributed by atoms with Gasteiger partial charge >= 0.3 is 12.4 Å². The average Bonchev–Trinajstić information content (AvgIpc) is 3.60. The fourth-order valence-corrected chi connectivity index (χ4v) is 5.14. The predicted octanol–water partition coefficient (Wildman–Crippen LogP) is 4.38. The molecule has 2 bridgehead atoms. The van der Waals surface area contributed by atoms with Crippen molar-refractivity contribution >= 4 is 17.2 Å². The summed E-state index contributed by atoms with van der Waals surface area (Å²) in [7, 11) is 0. The van der Waals surface area contributed by atoms with Gasteiger partial charge in [0.05, 0.1) is 23.0 Å². The Balaban J connectivity index is 1.32. The lowest BCUT2D eigenvalue weighted by molar-refractivity contribution is -0.165. The summed E-state index contributed by atoms with van der Waals surface area (Å²) in [5, 5.41) is 14.1. The van der Waals surface area contributed by atoms with E-state index in [2.05, 4.69) is 26.1 Å². The van der Waals surface area contributed by atoms with E-state index < -0.39 is 29.9 Å². The minimum atomic E-state index is -4.58. The summed E-state index contributed by atoms with van der Waals surface area (Å²) in [5.41, 5.74) is 2.64. The van der Waals surface area contributed by atoms with Gasteiger partial charge in [0.1, 0.15) is 0 Å². The maximum absolute atomic E-state index is 13.5. The zero-order valence-electron chi connectivity index (χ0n) is 19.6. The highest BCUT2D eigenvalue weighted by atomic mass is 19.4. The summed E-state index contributed by atoms with van der Waals surface area (Å²) in [6.07, 6.45) is -9.75. The third-order valence-electron chi connectivity index (χ3n) is 7.14. The summed E-state index contributed by atoms with van der Waals surface area (Å²) < 4.78 is 80.4. The average molecular weight is 536 g/mol. The van der Waals surface area contributed by atoms with Crippen molar-refractivity contribution in [3.8, 4) is 11.3 Å². The van der Waals surface area contributed by atoms with Gasteiger partial charge in [-0.15, -0.1) is 0 Å². The molecule has 4 heterocycles. The van der Waals surface area contributed by atoms with Gasteiger partial charge in [-0.2, -0.15) is 26.3 Å². The number of nitrogens with one attached hydrogen (secondary N) is 3. The number of benzene rings is 2. The lowest BCUT2D eigenvalue weighted by Gasteiger charge is -2.40. The minimum absolute atomic E-state index is 0.0711. The van der Waals surface area contributed by atoms with Gasteiger partial charge < -0.3 is 20.2 Å². The van der Waals surface area contributed by atoms with E-state index in [0.717, 1.165) is 12.1 Å². The maximum atomic E-state index is 13.5. The monoisotopic (exact) mass is 536 g/mol. The van der Waals surface area contributed by atoms with Gasteiger partial charge in [-0.3, -0.25) is 0 Å². The second kappa shape index (κ2) is 8.48. The first kappa shape index (κ1) is 24.8. The number of hydrazine groups is 1. The van der Waals surface area contributed by atoms with Crippen molar-refractivity contribution in [3.05, 3.63) is 71.8 Å². The number of rotatable bonds is 5. The quantitative estimate of drug-likeness (QED) is 0.219. The Morgan fingerprint density at radius 2 is 1.76 bits per heavy atom. The Bertz CT molecular complexity index is 1370. The molecule has 0 radical (unpaired) electrons. The van der Waals surface area contributed by atoms with E-state index in [9.17, 15) is 31.4 Å². The molecule has 3 aliphatic heterocycles. The van der Waals surface area contributed by atoms with Crippen LogP contribution in [0.4, 0.5) is 43.5 Å². The van der Waals surface area contributed by atoms with Crippen molar-refractivity contribution in [1.82, 2.24) is 15.8 Å². The van der Waals surface area contributed by atoms with E-state index in [0.29, 0.717) is 36.7 Å². The van der Waals surface area contributed by atoms with Crippen molar-refractivity contribution in [2.45, 2.75) is 36.8 Å². The van der Waals surface area contributed by atoms with E-state index in [1.165, 1.54) is 36.4 Å². The normalized spacial score (nSPS) is 20.8. The zero-order valence-corrected chi connectivity index (χ0v) is 19.6. The smallest absolute Gasteiger partial charge is 0.366 e. The number of aliphatic hydroxyl groups is 1. The van der Waals surface area contributed by atoms with Gasteiger partial charge in [-0.1, -0.05) is 24.3 Å². The molecule has 2 saturated heterocycles. The minimum Gasteiger partial charge on any atom is -0.366 e. The number of halogens is 6. The van der Waals surface area contributed by atoms with Crippen LogP contribution >= 0.6 is 0 Å². The Morgan fingerprint density at radius 1 is 1.00 bits per heavy atom. The van der Waals surface area contributed by atoms with Crippen molar-refractivity contribution < 1.29 is 31.4 Å². The summed E-state index contributed by atoms with van der Waals surface area (Å²) in [5.74, 6) is 0.377. The number of hydrogen-bond donors (Lipinski definition) is 4. The fourth-order valence-electron chi connectivity index (χ4n) is 5.14. The van der Waals surface area contributed by atoms with Crippen molar-refractivity contribution in [2.75, 3.05) is 28.2 Å². The summed E-state index contributed by atoms with van der Waals surface area (Å²) in [6.45, 7) is 1.30. The van der Waals surface area contributed by atoms with Crippen molar-refractivity contribution in [1.29, 1.82) is 0 Å². The molecule has 200 valence electrons. The number of alkyl halides is 6. The lowest BCUT2D eigenvalue weighted by atomic mass is 10.0. The highest BCUT2D eigenvalue weighted by Gasteiger charge is 2.65. The first-order chi connectivity index (χ1) is 18.0. The van der Waals surface area contributed by atoms with Crippen LogP contribution in [-0.4, -0.2) is 41.7 Å². The summed E-state index contributed by atoms with van der Waals surface area (Å²) >= 11 is 0. The number of hydrogen-bond acceptors (Lipinski definition) is 7. The standard InChI is InChI=1S/C25H22F6N6O/c26-24(27,28)16-5-1-3-14(11-16)19-7-8-20-21(33-19)37(18-9-10-36(20)13-18)22(38)32-17-6-2-4-15(12-17)23(34-35-23)25(29,30)31/h1-8,11-12,18,22,32,34-35,38H,9-10,13H2/t18-,22?/m0/s1. The summed E-state index contributed by atoms with van der Waals surface area (Å²) in [6, 6.07) is 13.7. The van der Waals surface area contributed by atoms with Crippen LogP contribution in [0.3, 0.4) is 0 Å². The van der Waals surface area contributed by atoms with Gasteiger partial charge in [-0.05, 0) is 42.8 Å². The highest BCUT2D eigenvalue weighted by Crippen LogP contribution is 2.44. The van der Waals surface area contributed by atoms with E-state index in [1.807, 2.05) is 0 Å². The number of fused-ring (bicyclic) bond motifs is 4. The summed E-state index contributed by atoms with van der Waals surface area (Å²) in [4.78, 5) is 8.36. The van der Waals surface area contributed by atoms with Gasteiger partial charge in [0.25, 0.3) is 0 Å². The Labute approximate surface area is 213 Å². The largest absolute Gasteiger partial charge is 0.426 e. The molecule has 3 aliphatic rings. The van der Waals surface area contributed by atoms with Gasteiger partial charge in [0, 0.05) is 29.9 Å². The molecule has 0 spiro atoms. The molecule has 0 amide bonds. The molecule has 13 heteroatoms. The number of pyridine rings is 1. The molecule has 2 aromatic carbocycles. The van der Waals surface area contributed by atoms with E-state index >= 15 is 0 Å². The van der Waals surface area contributed by atoms with E-state index in [4.69, 9.17) is 0 Å². The molecular weight excluding hydrogens is 514 g/mol. The first-order valence-electron chi connectivity index (χ1n) is 11.8. The Morgan fingerprint density at radius 3 is 2.47 bits per heavy atom. The van der Waals surface area contributed by atoms with Crippen molar-refractivity contribution in [3.63, 3.8) is 0 Å². The van der Waals surface area contributed by atoms with Crippen LogP contribution in [0.1, 0.15) is 17.5 Å². The van der Waals surface area contributed by atoms with Crippen LogP contribution in [0, 0.1) is 0 Å². The molecule has 2 atom stereocenters. The van der Waals surface area contributed by atoms with E-state index in [-0.39, 0.29) is 22.9 Å². The molecule has 1 unspecified atom stereocenters. The SMILES string of the molecule is OC(Nc1cccc(C2(C(F)(F)F)NN2)c1)N1c2nc(-c3cccc(C(F)(F)F)c3)ccc2N2CC[C@H]1C2. The van der Waals surface area contributed by atoms with Gasteiger partial charge in [-0.25, -0.2) is 15.8 Å². The maximum Gasteiger partial charge on any atom is 0.426 e. The topological polar surface area (TPSA) is 95.5 Å². The highest BCUT2D eigenvalue weighted by molar-refractivity contribution is 5.76. The van der Waals surface area contributed by atoms with Crippen LogP contribution in [0.25, 0.3) is 11.3 Å². The molecule has 3 aromatic rings. The van der Waals surface area contributed by atoms with Gasteiger partial charge in [0.15, 0.2) is 5.82 Å². The third kappa shape index (κ3) is 4.10. The number of aromatic nitrogens is 1. The predicted molar refractivity (Wildman–Crippen MR) is 128 cm³/mol. The molecule has 2 fully saturated rings. The molecule has 38 heavy (non-hydrogen) atoms. The first-order valence-corrected chi connectivity index (χ1v) is 11.8. The Hall–Kier alpha value is -3.55. The van der Waals surface area contributed by atoms with Crippen LogP contribution in [-0.2, 0) is 11.8 Å². The van der Waals surface area contributed by atoms with Crippen LogP contribution in [0.15, 0.2) is 60.7 Å². The molecule has 0 saturated carbocycles. The number of anilines is 3. The second-order valence-electron chi connectivity index (χ2n) is 9.51. The van der Waals surface area contributed by atoms with Crippen LogP contribution in [0.2, 0.25) is 0 Å². The van der Waals surface area contributed by atoms with Crippen LogP contribution < -0.4 is 26.0 Å². The van der Waals surface area contributed by atoms with E-state index in [1.54, 1.807) is 17.0 Å². The lowest BCUT2D eigenvalue weighted by Crippen LogP contribution is -2.51. The number of nitrogens with zero attached hydrogens (tertiary/aromatic N) is 3. The molecule has 4 N–H and O–H groups in total. The third-order valence-corrected chi connectivity index (χ3v) is 7.14. The number of aliphatic hydroxyl groups excluding tert-OH is 1. The molecule has 7 nitrogen and oxygen atoms in total. The molecule has 0 aliphatic carbocycles. The van der Waals surface area contributed by atoms with Crippen LogP contribution in [0.5, 0.6) is 0 Å². The molecule has 6 rings (SSSR count). The fraction of sp³-hybridized carbons (Fsp3) is 0.320. The molecular formula is C25H22F6N6O. The Kier molecular flexibility index (Phi) is 5.53. The second-order valence-corrected chi connectivity index (χ2v) is 9.51.